The van der Waals surface area contributed by atoms with Crippen molar-refractivity contribution in [1.82, 2.24) is 10.8 Å². The molecule has 0 fully saturated rings. The van der Waals surface area contributed by atoms with Crippen LogP contribution in [0.15, 0.2) is 0 Å². The van der Waals surface area contributed by atoms with Gasteiger partial charge in [0.1, 0.15) is 5.60 Å². The van der Waals surface area contributed by atoms with Crippen LogP contribution in [0.4, 0.5) is 4.79 Å². The van der Waals surface area contributed by atoms with Crippen LogP contribution in [0.2, 0.25) is 0 Å². The van der Waals surface area contributed by atoms with Crippen molar-refractivity contribution in [3.05, 3.63) is 0 Å². The highest BCUT2D eigenvalue weighted by atomic mass is 16.7. The molecule has 1 unspecified atom stereocenters. The van der Waals surface area contributed by atoms with Crippen LogP contribution < -0.4 is 10.8 Å². The number of hydrogen-bond donors (Lipinski definition) is 3. The fourth-order valence-corrected chi connectivity index (χ4v) is 0.858. The third kappa shape index (κ3) is 9.58. The minimum absolute atomic E-state index is 0.0463. The summed E-state index contributed by atoms with van der Waals surface area (Å²) in [6.07, 6.45) is -0.650. The Morgan fingerprint density at radius 2 is 1.94 bits per heavy atom. The number of hydrogen-bond acceptors (Lipinski definition) is 5. The van der Waals surface area contributed by atoms with Crippen molar-refractivity contribution in [1.29, 1.82) is 0 Å². The molecule has 0 aliphatic heterocycles. The van der Waals surface area contributed by atoms with Gasteiger partial charge < -0.3 is 15.2 Å². The number of ether oxygens (including phenoxy) is 1. The molecule has 7 nitrogen and oxygen atoms in total. The molecular formula is C10H20N2O5. The minimum atomic E-state index is -0.650. The Morgan fingerprint density at radius 1 is 1.35 bits per heavy atom. The van der Waals surface area contributed by atoms with Gasteiger partial charge in [-0.25, -0.2) is 10.3 Å². The Kier molecular flexibility index (Phi) is 6.52. The first kappa shape index (κ1) is 15.7. The van der Waals surface area contributed by atoms with Crippen LogP contribution in [0, 0.1) is 0 Å². The van der Waals surface area contributed by atoms with E-state index in [2.05, 4.69) is 10.8 Å². The molecule has 1 atom stereocenters. The second-order valence-corrected chi connectivity index (χ2v) is 4.49. The SMILES string of the molecule is CC(=O)NOCC(CO)NC(=O)OC(C)(C)C. The fourth-order valence-electron chi connectivity index (χ4n) is 0.858. The molecule has 0 aromatic carbocycles. The van der Waals surface area contributed by atoms with Crippen molar-refractivity contribution < 1.29 is 24.3 Å². The molecule has 3 N–H and O–H groups in total. The summed E-state index contributed by atoms with van der Waals surface area (Å²) >= 11 is 0. The zero-order valence-corrected chi connectivity index (χ0v) is 10.6. The topological polar surface area (TPSA) is 96.9 Å². The molecule has 0 bridgehead atoms. The standard InChI is InChI=1S/C10H20N2O5/c1-7(14)12-16-6-8(5-13)11-9(15)17-10(2,3)4/h8,13H,5-6H2,1-4H3,(H,11,15)(H,12,14). The van der Waals surface area contributed by atoms with Gasteiger partial charge in [-0.2, -0.15) is 0 Å². The highest BCUT2D eigenvalue weighted by molar-refractivity contribution is 5.71. The first-order valence-corrected chi connectivity index (χ1v) is 5.23. The van der Waals surface area contributed by atoms with Crippen molar-refractivity contribution in [2.75, 3.05) is 13.2 Å². The van der Waals surface area contributed by atoms with E-state index in [0.29, 0.717) is 0 Å². The lowest BCUT2D eigenvalue weighted by molar-refractivity contribution is -0.132. The van der Waals surface area contributed by atoms with E-state index in [1.54, 1.807) is 20.8 Å². The van der Waals surface area contributed by atoms with Crippen LogP contribution in [-0.4, -0.2) is 42.0 Å². The van der Waals surface area contributed by atoms with Gasteiger partial charge in [0.25, 0.3) is 0 Å². The number of aliphatic hydroxyl groups excluding tert-OH is 1. The highest BCUT2D eigenvalue weighted by Gasteiger charge is 2.19. The van der Waals surface area contributed by atoms with E-state index in [-0.39, 0.29) is 19.1 Å². The van der Waals surface area contributed by atoms with Gasteiger partial charge in [-0.05, 0) is 20.8 Å². The van der Waals surface area contributed by atoms with E-state index in [0.717, 1.165) is 0 Å². The Balaban J connectivity index is 3.95. The van der Waals surface area contributed by atoms with Crippen molar-refractivity contribution in [2.45, 2.75) is 39.3 Å². The predicted octanol–water partition coefficient (Wildman–Crippen LogP) is -0.0603. The van der Waals surface area contributed by atoms with E-state index in [4.69, 9.17) is 14.7 Å². The molecule has 17 heavy (non-hydrogen) atoms. The summed E-state index contributed by atoms with van der Waals surface area (Å²) < 4.78 is 4.99. The maximum absolute atomic E-state index is 11.3. The number of aliphatic hydroxyl groups is 1. The molecule has 0 rings (SSSR count). The zero-order chi connectivity index (χ0) is 13.5. The summed E-state index contributed by atoms with van der Waals surface area (Å²) in [5.74, 6) is -0.362. The summed E-state index contributed by atoms with van der Waals surface area (Å²) in [6, 6.07) is -0.642. The normalized spacial score (nSPS) is 12.8. The average Bonchev–Trinajstić information content (AvgIpc) is 2.12. The minimum Gasteiger partial charge on any atom is -0.444 e. The number of alkyl carbamates (subject to hydrolysis) is 1. The largest absolute Gasteiger partial charge is 0.444 e. The first-order chi connectivity index (χ1) is 7.74. The van der Waals surface area contributed by atoms with Crippen molar-refractivity contribution in [3.8, 4) is 0 Å². The molecule has 0 aromatic rings. The summed E-state index contributed by atoms with van der Waals surface area (Å²) in [6.45, 7) is 6.11. The van der Waals surface area contributed by atoms with Crippen LogP contribution >= 0.6 is 0 Å². The third-order valence-electron chi connectivity index (χ3n) is 1.44. The number of hydroxylamine groups is 1. The van der Waals surface area contributed by atoms with Gasteiger partial charge in [-0.1, -0.05) is 0 Å². The van der Waals surface area contributed by atoms with Crippen LogP contribution in [-0.2, 0) is 14.4 Å². The van der Waals surface area contributed by atoms with E-state index in [1.165, 1.54) is 6.92 Å². The smallest absolute Gasteiger partial charge is 0.408 e. The number of rotatable bonds is 5. The lowest BCUT2D eigenvalue weighted by Gasteiger charge is -2.22. The fraction of sp³-hybridized carbons (Fsp3) is 0.800. The third-order valence-corrected chi connectivity index (χ3v) is 1.44. The number of amides is 2. The lowest BCUT2D eigenvalue weighted by atomic mass is 10.2. The molecule has 0 aromatic heterocycles. The summed E-state index contributed by atoms with van der Waals surface area (Å²) in [5, 5.41) is 11.4. The molecular weight excluding hydrogens is 228 g/mol. The van der Waals surface area contributed by atoms with Gasteiger partial charge in [0.15, 0.2) is 0 Å². The predicted molar refractivity (Wildman–Crippen MR) is 60.0 cm³/mol. The second-order valence-electron chi connectivity index (χ2n) is 4.49. The zero-order valence-electron chi connectivity index (χ0n) is 10.6. The van der Waals surface area contributed by atoms with Gasteiger partial charge in [-0.15, -0.1) is 0 Å². The molecule has 0 spiro atoms. The van der Waals surface area contributed by atoms with Crippen molar-refractivity contribution >= 4 is 12.0 Å². The van der Waals surface area contributed by atoms with Gasteiger partial charge >= 0.3 is 6.09 Å². The van der Waals surface area contributed by atoms with Crippen molar-refractivity contribution in [2.24, 2.45) is 0 Å². The molecule has 0 aliphatic carbocycles. The molecule has 0 aliphatic rings. The van der Waals surface area contributed by atoms with Crippen LogP contribution in [0.5, 0.6) is 0 Å². The Morgan fingerprint density at radius 3 is 2.35 bits per heavy atom. The molecule has 0 heterocycles. The summed E-state index contributed by atoms with van der Waals surface area (Å²) in [7, 11) is 0. The number of carbonyl (C=O) groups is 2. The molecule has 100 valence electrons. The lowest BCUT2D eigenvalue weighted by Crippen LogP contribution is -2.44. The molecule has 0 saturated heterocycles. The molecule has 0 radical (unpaired) electrons. The first-order valence-electron chi connectivity index (χ1n) is 5.23. The number of carbonyl (C=O) groups excluding carboxylic acids is 2. The van der Waals surface area contributed by atoms with E-state index in [1.807, 2.05) is 0 Å². The van der Waals surface area contributed by atoms with Crippen LogP contribution in [0.25, 0.3) is 0 Å². The van der Waals surface area contributed by atoms with Gasteiger partial charge in [0.2, 0.25) is 5.91 Å². The highest BCUT2D eigenvalue weighted by Crippen LogP contribution is 2.06. The quantitative estimate of drug-likeness (QED) is 0.592. The number of nitrogens with one attached hydrogen (secondary N) is 2. The summed E-state index contributed by atoms with van der Waals surface area (Å²) in [4.78, 5) is 26.6. The maximum atomic E-state index is 11.3. The van der Waals surface area contributed by atoms with E-state index < -0.39 is 17.7 Å². The van der Waals surface area contributed by atoms with Crippen LogP contribution in [0.1, 0.15) is 27.7 Å². The van der Waals surface area contributed by atoms with E-state index in [9.17, 15) is 9.59 Å². The van der Waals surface area contributed by atoms with Gasteiger partial charge in [0, 0.05) is 6.92 Å². The summed E-state index contributed by atoms with van der Waals surface area (Å²) in [5.41, 5.74) is 1.48. The Hall–Kier alpha value is -1.34. The Bertz CT molecular complexity index is 262. The average molecular weight is 248 g/mol. The van der Waals surface area contributed by atoms with Crippen LogP contribution in [0.3, 0.4) is 0 Å². The monoisotopic (exact) mass is 248 g/mol. The van der Waals surface area contributed by atoms with Crippen molar-refractivity contribution in [3.63, 3.8) is 0 Å². The second kappa shape index (κ2) is 7.08. The van der Waals surface area contributed by atoms with E-state index >= 15 is 0 Å². The Labute approximate surface area is 100 Å². The molecule has 7 heteroatoms. The van der Waals surface area contributed by atoms with Gasteiger partial charge in [-0.3, -0.25) is 9.63 Å². The molecule has 0 saturated carbocycles. The maximum Gasteiger partial charge on any atom is 0.408 e. The molecule has 2 amide bonds. The van der Waals surface area contributed by atoms with Gasteiger partial charge in [0.05, 0.1) is 19.3 Å².